The van der Waals surface area contributed by atoms with Crippen molar-refractivity contribution >= 4 is 11.9 Å². The average molecular weight is 369 g/mol. The lowest BCUT2D eigenvalue weighted by atomic mass is 10.3. The highest BCUT2D eigenvalue weighted by atomic mass is 16.5. The lowest BCUT2D eigenvalue weighted by Gasteiger charge is -2.36. The number of hydrogen-bond acceptors (Lipinski definition) is 6. The number of guanidine groups is 1. The Labute approximate surface area is 160 Å². The molecule has 3 rings (SSSR count). The largest absolute Gasteiger partial charge is 0.475 e. The molecule has 0 amide bonds. The van der Waals surface area contributed by atoms with E-state index in [0.29, 0.717) is 12.4 Å². The number of anilines is 1. The van der Waals surface area contributed by atoms with Crippen molar-refractivity contribution in [1.29, 1.82) is 0 Å². The van der Waals surface area contributed by atoms with Crippen LogP contribution < -0.4 is 15.0 Å². The Balaban J connectivity index is 1.50. The van der Waals surface area contributed by atoms with Crippen LogP contribution in [-0.2, 0) is 6.54 Å². The first-order chi connectivity index (χ1) is 13.2. The van der Waals surface area contributed by atoms with Gasteiger partial charge in [-0.15, -0.1) is 0 Å². The SMILES string of the molecule is CN=C(NCc1ccc(OC(C)C)nc1)N1CCN(c2ncccn2)CC1. The molecule has 8 nitrogen and oxygen atoms in total. The molecule has 0 aliphatic carbocycles. The van der Waals surface area contributed by atoms with E-state index in [1.165, 1.54) is 0 Å². The van der Waals surface area contributed by atoms with Crippen LogP contribution in [0.4, 0.5) is 5.95 Å². The molecule has 1 fully saturated rings. The molecule has 1 aliphatic heterocycles. The van der Waals surface area contributed by atoms with Crippen molar-refractivity contribution in [2.75, 3.05) is 38.1 Å². The van der Waals surface area contributed by atoms with Gasteiger partial charge in [0, 0.05) is 64.4 Å². The van der Waals surface area contributed by atoms with Gasteiger partial charge in [-0.2, -0.15) is 0 Å². The molecular weight excluding hydrogens is 342 g/mol. The van der Waals surface area contributed by atoms with E-state index in [0.717, 1.165) is 43.7 Å². The summed E-state index contributed by atoms with van der Waals surface area (Å²) in [6, 6.07) is 5.76. The van der Waals surface area contributed by atoms with Gasteiger partial charge >= 0.3 is 0 Å². The van der Waals surface area contributed by atoms with Crippen molar-refractivity contribution in [3.63, 3.8) is 0 Å². The molecule has 1 N–H and O–H groups in total. The number of nitrogens with one attached hydrogen (secondary N) is 1. The summed E-state index contributed by atoms with van der Waals surface area (Å²) >= 11 is 0. The highest BCUT2D eigenvalue weighted by Crippen LogP contribution is 2.11. The van der Waals surface area contributed by atoms with Crippen molar-refractivity contribution in [2.45, 2.75) is 26.5 Å². The van der Waals surface area contributed by atoms with Gasteiger partial charge in [-0.3, -0.25) is 4.99 Å². The van der Waals surface area contributed by atoms with Gasteiger partial charge in [0.2, 0.25) is 11.8 Å². The first-order valence-electron chi connectivity index (χ1n) is 9.25. The fourth-order valence-electron chi connectivity index (χ4n) is 2.91. The number of pyridine rings is 1. The molecule has 3 heterocycles. The summed E-state index contributed by atoms with van der Waals surface area (Å²) in [6.45, 7) is 8.13. The third-order valence-electron chi connectivity index (χ3n) is 4.23. The number of rotatable bonds is 5. The van der Waals surface area contributed by atoms with Crippen LogP contribution in [0, 0.1) is 0 Å². The molecule has 2 aromatic rings. The highest BCUT2D eigenvalue weighted by molar-refractivity contribution is 5.80. The number of aliphatic imine (C=N–C) groups is 1. The van der Waals surface area contributed by atoms with Gasteiger partial charge in [0.05, 0.1) is 6.10 Å². The molecule has 2 aromatic heterocycles. The zero-order valence-electron chi connectivity index (χ0n) is 16.2. The summed E-state index contributed by atoms with van der Waals surface area (Å²) in [5.41, 5.74) is 1.09. The second kappa shape index (κ2) is 9.16. The zero-order valence-corrected chi connectivity index (χ0v) is 16.2. The zero-order chi connectivity index (χ0) is 19.1. The summed E-state index contributed by atoms with van der Waals surface area (Å²) < 4.78 is 5.58. The standard InChI is InChI=1S/C19H27N7O/c1-15(2)27-17-6-5-16(13-23-17)14-24-18(20-3)25-9-11-26(12-10-25)19-21-7-4-8-22-19/h4-8,13,15H,9-12,14H2,1-3H3,(H,20,24). The smallest absolute Gasteiger partial charge is 0.225 e. The molecular formula is C19H27N7O. The fraction of sp³-hybridized carbons (Fsp3) is 0.474. The van der Waals surface area contributed by atoms with Crippen molar-refractivity contribution in [2.24, 2.45) is 4.99 Å². The minimum atomic E-state index is 0.125. The Morgan fingerprint density at radius 2 is 1.89 bits per heavy atom. The van der Waals surface area contributed by atoms with Gasteiger partial charge in [-0.05, 0) is 25.5 Å². The summed E-state index contributed by atoms with van der Waals surface area (Å²) in [4.78, 5) is 21.9. The molecule has 8 heteroatoms. The fourth-order valence-corrected chi connectivity index (χ4v) is 2.91. The van der Waals surface area contributed by atoms with E-state index in [-0.39, 0.29) is 6.10 Å². The number of piperazine rings is 1. The van der Waals surface area contributed by atoms with E-state index in [1.807, 2.05) is 45.3 Å². The minimum absolute atomic E-state index is 0.125. The Hall–Kier alpha value is -2.90. The Bertz CT molecular complexity index is 725. The maximum Gasteiger partial charge on any atom is 0.225 e. The molecule has 0 atom stereocenters. The number of nitrogens with zero attached hydrogens (tertiary/aromatic N) is 6. The second-order valence-corrected chi connectivity index (χ2v) is 6.59. The molecule has 0 unspecified atom stereocenters. The first-order valence-corrected chi connectivity index (χ1v) is 9.25. The predicted molar refractivity (Wildman–Crippen MR) is 106 cm³/mol. The van der Waals surface area contributed by atoms with Crippen LogP contribution in [0.1, 0.15) is 19.4 Å². The monoisotopic (exact) mass is 369 g/mol. The van der Waals surface area contributed by atoms with Crippen molar-refractivity contribution in [3.8, 4) is 5.88 Å². The summed E-state index contributed by atoms with van der Waals surface area (Å²) in [5, 5.41) is 3.42. The van der Waals surface area contributed by atoms with Crippen molar-refractivity contribution in [1.82, 2.24) is 25.2 Å². The van der Waals surface area contributed by atoms with Crippen molar-refractivity contribution in [3.05, 3.63) is 42.4 Å². The van der Waals surface area contributed by atoms with Gasteiger partial charge in [0.15, 0.2) is 5.96 Å². The number of aromatic nitrogens is 3. The van der Waals surface area contributed by atoms with Gasteiger partial charge in [-0.1, -0.05) is 6.07 Å². The highest BCUT2D eigenvalue weighted by Gasteiger charge is 2.20. The quantitative estimate of drug-likeness (QED) is 0.633. The second-order valence-electron chi connectivity index (χ2n) is 6.59. The maximum absolute atomic E-state index is 5.58. The minimum Gasteiger partial charge on any atom is -0.475 e. The topological polar surface area (TPSA) is 78.8 Å². The molecule has 0 bridgehead atoms. The van der Waals surface area contributed by atoms with Crippen LogP contribution >= 0.6 is 0 Å². The van der Waals surface area contributed by atoms with E-state index in [9.17, 15) is 0 Å². The molecule has 27 heavy (non-hydrogen) atoms. The van der Waals surface area contributed by atoms with Gasteiger partial charge in [0.25, 0.3) is 0 Å². The van der Waals surface area contributed by atoms with Gasteiger partial charge in [0.1, 0.15) is 0 Å². The van der Waals surface area contributed by atoms with E-state index in [4.69, 9.17) is 4.74 Å². The van der Waals surface area contributed by atoms with Crippen LogP contribution in [0.2, 0.25) is 0 Å². The van der Waals surface area contributed by atoms with Crippen LogP contribution in [0.25, 0.3) is 0 Å². The van der Waals surface area contributed by atoms with Crippen LogP contribution in [-0.4, -0.2) is 65.1 Å². The summed E-state index contributed by atoms with van der Waals surface area (Å²) in [7, 11) is 1.81. The summed E-state index contributed by atoms with van der Waals surface area (Å²) in [6.07, 6.45) is 5.52. The Morgan fingerprint density at radius 1 is 1.15 bits per heavy atom. The van der Waals surface area contributed by atoms with Crippen LogP contribution in [0.5, 0.6) is 5.88 Å². The first kappa shape index (κ1) is 18.9. The Morgan fingerprint density at radius 3 is 2.48 bits per heavy atom. The van der Waals surface area contributed by atoms with E-state index in [2.05, 4.69) is 35.1 Å². The van der Waals surface area contributed by atoms with Crippen molar-refractivity contribution < 1.29 is 4.74 Å². The molecule has 1 aliphatic rings. The predicted octanol–water partition coefficient (Wildman–Crippen LogP) is 1.56. The lowest BCUT2D eigenvalue weighted by molar-refractivity contribution is 0.232. The van der Waals surface area contributed by atoms with E-state index in [1.54, 1.807) is 12.4 Å². The lowest BCUT2D eigenvalue weighted by Crippen LogP contribution is -2.52. The molecule has 144 valence electrons. The van der Waals surface area contributed by atoms with E-state index < -0.39 is 0 Å². The molecule has 0 aromatic carbocycles. The summed E-state index contributed by atoms with van der Waals surface area (Å²) in [5.74, 6) is 2.33. The van der Waals surface area contributed by atoms with Gasteiger partial charge < -0.3 is 19.9 Å². The third-order valence-corrected chi connectivity index (χ3v) is 4.23. The molecule has 0 saturated carbocycles. The third kappa shape index (κ3) is 5.29. The van der Waals surface area contributed by atoms with E-state index >= 15 is 0 Å². The molecule has 0 spiro atoms. The molecule has 0 radical (unpaired) electrons. The Kier molecular flexibility index (Phi) is 6.40. The van der Waals surface area contributed by atoms with Crippen LogP contribution in [0.15, 0.2) is 41.8 Å². The normalized spacial score (nSPS) is 15.2. The maximum atomic E-state index is 5.58. The van der Waals surface area contributed by atoms with Crippen LogP contribution in [0.3, 0.4) is 0 Å². The molecule has 1 saturated heterocycles. The average Bonchev–Trinajstić information content (AvgIpc) is 2.70. The number of hydrogen-bond donors (Lipinski definition) is 1. The number of ether oxygens (including phenoxy) is 1. The van der Waals surface area contributed by atoms with Gasteiger partial charge in [-0.25, -0.2) is 15.0 Å².